The van der Waals surface area contributed by atoms with Crippen LogP contribution in [0.15, 0.2) is 48.5 Å². The number of terminal acetylenes is 1. The maximum atomic E-state index is 12.2. The van der Waals surface area contributed by atoms with E-state index in [4.69, 9.17) is 6.42 Å². The smallest absolute Gasteiger partial charge is 0.193 e. The minimum atomic E-state index is 0.0289. The molecule has 0 bridgehead atoms. The molecule has 2 aromatic carbocycles. The third-order valence-corrected chi connectivity index (χ3v) is 2.94. The van der Waals surface area contributed by atoms with Crippen molar-refractivity contribution in [3.8, 4) is 12.3 Å². The Morgan fingerprint density at radius 2 is 1.40 bits per heavy atom. The lowest BCUT2D eigenvalue weighted by Gasteiger charge is -2.03. The fourth-order valence-electron chi connectivity index (χ4n) is 1.78. The first kappa shape index (κ1) is 15.7. The molecule has 20 heavy (non-hydrogen) atoms. The van der Waals surface area contributed by atoms with Crippen molar-refractivity contribution in [2.45, 2.75) is 27.2 Å². The van der Waals surface area contributed by atoms with Crippen LogP contribution in [-0.4, -0.2) is 5.78 Å². The molecule has 0 atom stereocenters. The highest BCUT2D eigenvalue weighted by molar-refractivity contribution is 6.09. The Hall–Kier alpha value is -2.33. The van der Waals surface area contributed by atoms with Gasteiger partial charge in [-0.25, -0.2) is 0 Å². The Balaban J connectivity index is 0.000000956. The van der Waals surface area contributed by atoms with Crippen LogP contribution in [0.2, 0.25) is 0 Å². The minimum Gasteiger partial charge on any atom is -0.289 e. The van der Waals surface area contributed by atoms with E-state index in [1.54, 1.807) is 24.3 Å². The second kappa shape index (κ2) is 7.96. The van der Waals surface area contributed by atoms with Crippen LogP contribution in [0.5, 0.6) is 0 Å². The van der Waals surface area contributed by atoms with Gasteiger partial charge in [0.2, 0.25) is 0 Å². The first-order valence-corrected chi connectivity index (χ1v) is 6.95. The summed E-state index contributed by atoms with van der Waals surface area (Å²) in [6.45, 7) is 6.09. The lowest BCUT2D eigenvalue weighted by Crippen LogP contribution is -2.01. The van der Waals surface area contributed by atoms with Crippen LogP contribution >= 0.6 is 0 Å². The predicted octanol–water partition coefficient (Wildman–Crippen LogP) is 4.49. The number of rotatable bonds is 3. The molecular formula is C19H20O. The third kappa shape index (κ3) is 3.83. The zero-order valence-electron chi connectivity index (χ0n) is 12.3. The molecule has 102 valence electrons. The van der Waals surface area contributed by atoms with Crippen LogP contribution in [0, 0.1) is 12.3 Å². The van der Waals surface area contributed by atoms with Gasteiger partial charge < -0.3 is 0 Å². The Labute approximate surface area is 121 Å². The van der Waals surface area contributed by atoms with Gasteiger partial charge in [-0.3, -0.25) is 4.79 Å². The fourth-order valence-corrected chi connectivity index (χ4v) is 1.78. The molecular weight excluding hydrogens is 244 g/mol. The third-order valence-electron chi connectivity index (χ3n) is 2.94. The SMILES string of the molecule is C#Cc1ccc(C(=O)c2ccc(CC)cc2)cc1.CC. The second-order valence-electron chi connectivity index (χ2n) is 4.10. The Bertz CT molecular complexity index is 583. The maximum absolute atomic E-state index is 12.2. The summed E-state index contributed by atoms with van der Waals surface area (Å²) in [6, 6.07) is 14.8. The number of hydrogen-bond donors (Lipinski definition) is 0. The number of aryl methyl sites for hydroxylation is 1. The molecule has 0 aliphatic rings. The molecule has 0 saturated carbocycles. The molecule has 1 nitrogen and oxygen atoms in total. The van der Waals surface area contributed by atoms with Gasteiger partial charge >= 0.3 is 0 Å². The molecule has 0 aliphatic carbocycles. The zero-order valence-corrected chi connectivity index (χ0v) is 12.3. The number of ketones is 1. The number of hydrogen-bond acceptors (Lipinski definition) is 1. The van der Waals surface area contributed by atoms with Gasteiger partial charge in [-0.05, 0) is 36.2 Å². The minimum absolute atomic E-state index is 0.0289. The van der Waals surface area contributed by atoms with Crippen molar-refractivity contribution in [3.63, 3.8) is 0 Å². The number of benzene rings is 2. The van der Waals surface area contributed by atoms with Crippen LogP contribution in [-0.2, 0) is 6.42 Å². The van der Waals surface area contributed by atoms with Crippen LogP contribution in [0.25, 0.3) is 0 Å². The highest BCUT2D eigenvalue weighted by Gasteiger charge is 2.08. The summed E-state index contributed by atoms with van der Waals surface area (Å²) < 4.78 is 0. The van der Waals surface area contributed by atoms with Gasteiger partial charge in [0.25, 0.3) is 0 Å². The molecule has 0 N–H and O–H groups in total. The van der Waals surface area contributed by atoms with Gasteiger partial charge in [-0.2, -0.15) is 0 Å². The number of carbonyl (C=O) groups excluding carboxylic acids is 1. The molecule has 0 fully saturated rings. The highest BCUT2D eigenvalue weighted by Crippen LogP contribution is 2.12. The van der Waals surface area contributed by atoms with Crippen LogP contribution < -0.4 is 0 Å². The van der Waals surface area contributed by atoms with Gasteiger partial charge in [0.05, 0.1) is 0 Å². The molecule has 0 radical (unpaired) electrons. The molecule has 0 spiro atoms. The van der Waals surface area contributed by atoms with Gasteiger partial charge in [0.15, 0.2) is 5.78 Å². The topological polar surface area (TPSA) is 17.1 Å². The van der Waals surface area contributed by atoms with Crippen LogP contribution in [0.4, 0.5) is 0 Å². The monoisotopic (exact) mass is 264 g/mol. The van der Waals surface area contributed by atoms with Gasteiger partial charge in [0, 0.05) is 16.7 Å². The second-order valence-corrected chi connectivity index (χ2v) is 4.10. The van der Waals surface area contributed by atoms with E-state index in [1.807, 2.05) is 38.1 Å². The van der Waals surface area contributed by atoms with Crippen molar-refractivity contribution in [1.29, 1.82) is 0 Å². The normalized spacial score (nSPS) is 9.10. The van der Waals surface area contributed by atoms with E-state index in [2.05, 4.69) is 12.8 Å². The predicted molar refractivity (Wildman–Crippen MR) is 85.0 cm³/mol. The van der Waals surface area contributed by atoms with Crippen molar-refractivity contribution < 1.29 is 4.79 Å². The molecule has 0 unspecified atom stereocenters. The van der Waals surface area contributed by atoms with Crippen LogP contribution in [0.1, 0.15) is 47.8 Å². The van der Waals surface area contributed by atoms with Gasteiger partial charge in [-0.15, -0.1) is 6.42 Å². The molecule has 0 heterocycles. The molecule has 0 saturated heterocycles. The Morgan fingerprint density at radius 1 is 0.950 bits per heavy atom. The van der Waals surface area contributed by atoms with Crippen molar-refractivity contribution >= 4 is 5.78 Å². The van der Waals surface area contributed by atoms with E-state index in [9.17, 15) is 4.79 Å². The molecule has 2 aromatic rings. The maximum Gasteiger partial charge on any atom is 0.193 e. The highest BCUT2D eigenvalue weighted by atomic mass is 16.1. The van der Waals surface area contributed by atoms with Crippen molar-refractivity contribution in [1.82, 2.24) is 0 Å². The lowest BCUT2D eigenvalue weighted by atomic mass is 10.0. The van der Waals surface area contributed by atoms with Crippen LogP contribution in [0.3, 0.4) is 0 Å². The zero-order chi connectivity index (χ0) is 15.0. The molecule has 2 rings (SSSR count). The summed E-state index contributed by atoms with van der Waals surface area (Å²) in [5.41, 5.74) is 3.39. The van der Waals surface area contributed by atoms with E-state index in [0.717, 1.165) is 12.0 Å². The summed E-state index contributed by atoms with van der Waals surface area (Å²) in [6.07, 6.45) is 6.26. The first-order valence-electron chi connectivity index (χ1n) is 6.95. The average Bonchev–Trinajstić information content (AvgIpc) is 2.56. The summed E-state index contributed by atoms with van der Waals surface area (Å²) in [4.78, 5) is 12.2. The Kier molecular flexibility index (Phi) is 6.26. The quantitative estimate of drug-likeness (QED) is 0.590. The lowest BCUT2D eigenvalue weighted by molar-refractivity contribution is 0.103. The van der Waals surface area contributed by atoms with E-state index >= 15 is 0 Å². The number of carbonyl (C=O) groups is 1. The van der Waals surface area contributed by atoms with Crippen molar-refractivity contribution in [2.24, 2.45) is 0 Å². The van der Waals surface area contributed by atoms with Crippen molar-refractivity contribution in [3.05, 3.63) is 70.8 Å². The van der Waals surface area contributed by atoms with Crippen molar-refractivity contribution in [2.75, 3.05) is 0 Å². The Morgan fingerprint density at radius 3 is 1.80 bits per heavy atom. The molecule has 0 aliphatic heterocycles. The standard InChI is InChI=1S/C17H14O.C2H6/c1-3-13-5-9-15(10-6-13)17(18)16-11-7-14(4-2)8-12-16;1-2/h1,5-12H,4H2,2H3;1-2H3. The van der Waals surface area contributed by atoms with E-state index < -0.39 is 0 Å². The van der Waals surface area contributed by atoms with E-state index in [0.29, 0.717) is 11.1 Å². The summed E-state index contributed by atoms with van der Waals surface area (Å²) in [7, 11) is 0. The largest absolute Gasteiger partial charge is 0.289 e. The molecule has 0 aromatic heterocycles. The summed E-state index contributed by atoms with van der Waals surface area (Å²) in [5, 5.41) is 0. The van der Waals surface area contributed by atoms with Gasteiger partial charge in [-0.1, -0.05) is 51.0 Å². The summed E-state index contributed by atoms with van der Waals surface area (Å²) >= 11 is 0. The molecule has 0 amide bonds. The average molecular weight is 264 g/mol. The summed E-state index contributed by atoms with van der Waals surface area (Å²) in [5.74, 6) is 2.57. The molecule has 1 heteroatoms. The van der Waals surface area contributed by atoms with E-state index in [1.165, 1.54) is 5.56 Å². The van der Waals surface area contributed by atoms with E-state index in [-0.39, 0.29) is 5.78 Å². The first-order chi connectivity index (χ1) is 9.74. The fraction of sp³-hybridized carbons (Fsp3) is 0.211. The van der Waals surface area contributed by atoms with Gasteiger partial charge in [0.1, 0.15) is 0 Å².